The highest BCUT2D eigenvalue weighted by molar-refractivity contribution is 5.91. The normalized spacial score (nSPS) is 19.5. The fourth-order valence-corrected chi connectivity index (χ4v) is 3.27. The highest BCUT2D eigenvalue weighted by atomic mass is 16.5. The molecule has 0 bridgehead atoms. The maximum atomic E-state index is 12.6. The van der Waals surface area contributed by atoms with Gasteiger partial charge in [0.25, 0.3) is 0 Å². The number of ether oxygens (including phenoxy) is 2. The molecular formula is C18H23N5O3. The van der Waals surface area contributed by atoms with E-state index in [9.17, 15) is 4.79 Å². The van der Waals surface area contributed by atoms with Crippen molar-refractivity contribution in [3.8, 4) is 11.5 Å². The summed E-state index contributed by atoms with van der Waals surface area (Å²) in [4.78, 5) is 14.4. The molecule has 1 aromatic carbocycles. The Kier molecular flexibility index (Phi) is 4.40. The number of nitrogens with one attached hydrogen (secondary N) is 1. The summed E-state index contributed by atoms with van der Waals surface area (Å²) in [6.45, 7) is 1.31. The van der Waals surface area contributed by atoms with E-state index in [0.717, 1.165) is 12.1 Å². The van der Waals surface area contributed by atoms with E-state index >= 15 is 0 Å². The van der Waals surface area contributed by atoms with Gasteiger partial charge in [0.15, 0.2) is 0 Å². The van der Waals surface area contributed by atoms with Crippen LogP contribution in [0.4, 0.5) is 10.5 Å². The van der Waals surface area contributed by atoms with Crippen LogP contribution in [0.3, 0.4) is 0 Å². The third-order valence-electron chi connectivity index (χ3n) is 5.00. The number of likely N-dealkylation sites (tertiary alicyclic amines) is 1. The number of benzene rings is 1. The van der Waals surface area contributed by atoms with Crippen LogP contribution in [0.15, 0.2) is 24.4 Å². The summed E-state index contributed by atoms with van der Waals surface area (Å²) >= 11 is 0. The van der Waals surface area contributed by atoms with Crippen LogP contribution in [-0.4, -0.2) is 53.2 Å². The number of carbonyl (C=O) groups is 1. The Hall–Kier alpha value is -2.77. The van der Waals surface area contributed by atoms with Gasteiger partial charge >= 0.3 is 6.03 Å². The highest BCUT2D eigenvalue weighted by Crippen LogP contribution is 2.39. The van der Waals surface area contributed by atoms with Gasteiger partial charge in [0.2, 0.25) is 0 Å². The number of hydrogen-bond acceptors (Lipinski definition) is 5. The monoisotopic (exact) mass is 357 g/mol. The molecule has 1 atom stereocenters. The number of carbonyl (C=O) groups excluding carboxylic acids is 1. The summed E-state index contributed by atoms with van der Waals surface area (Å²) < 4.78 is 12.4. The minimum absolute atomic E-state index is 0.140. The van der Waals surface area contributed by atoms with E-state index in [1.165, 1.54) is 12.8 Å². The largest absolute Gasteiger partial charge is 0.497 e. The molecule has 1 saturated heterocycles. The predicted molar refractivity (Wildman–Crippen MR) is 95.8 cm³/mol. The van der Waals surface area contributed by atoms with Crippen LogP contribution in [-0.2, 0) is 0 Å². The molecule has 2 aliphatic rings. The molecule has 1 N–H and O–H groups in total. The molecule has 2 aromatic rings. The summed E-state index contributed by atoms with van der Waals surface area (Å²) in [5.41, 5.74) is 1.70. The number of methoxy groups -OCH3 is 2. The second kappa shape index (κ2) is 6.86. The Labute approximate surface area is 152 Å². The SMILES string of the molecule is COc1ccc(NC(=O)N2CCC(n3cc(C4CC4)nn3)C2)c(OC)c1. The van der Waals surface area contributed by atoms with Crippen LogP contribution >= 0.6 is 0 Å². The van der Waals surface area contributed by atoms with Gasteiger partial charge in [-0.2, -0.15) is 0 Å². The second-order valence-corrected chi connectivity index (χ2v) is 6.78. The van der Waals surface area contributed by atoms with Crippen molar-refractivity contribution in [2.75, 3.05) is 32.6 Å². The first kappa shape index (κ1) is 16.7. The van der Waals surface area contributed by atoms with Gasteiger partial charge in [0.05, 0.1) is 31.6 Å². The third-order valence-corrected chi connectivity index (χ3v) is 5.00. The van der Waals surface area contributed by atoms with Gasteiger partial charge in [-0.1, -0.05) is 5.21 Å². The minimum atomic E-state index is -0.140. The zero-order valence-electron chi connectivity index (χ0n) is 15.0. The van der Waals surface area contributed by atoms with E-state index in [4.69, 9.17) is 9.47 Å². The third kappa shape index (κ3) is 3.31. The molecule has 0 radical (unpaired) electrons. The summed E-state index contributed by atoms with van der Waals surface area (Å²) in [6.07, 6.45) is 5.33. The molecule has 1 unspecified atom stereocenters. The molecule has 2 fully saturated rings. The molecule has 8 heteroatoms. The van der Waals surface area contributed by atoms with Crippen LogP contribution in [0.1, 0.15) is 36.9 Å². The molecule has 0 spiro atoms. The summed E-state index contributed by atoms with van der Waals surface area (Å²) in [5, 5.41) is 11.4. The second-order valence-electron chi connectivity index (χ2n) is 6.78. The summed E-state index contributed by atoms with van der Waals surface area (Å²) in [7, 11) is 3.16. The van der Waals surface area contributed by atoms with Crippen molar-refractivity contribution in [3.05, 3.63) is 30.1 Å². The van der Waals surface area contributed by atoms with Gasteiger partial charge in [0.1, 0.15) is 11.5 Å². The maximum Gasteiger partial charge on any atom is 0.322 e. The van der Waals surface area contributed by atoms with Gasteiger partial charge in [-0.05, 0) is 31.4 Å². The fraction of sp³-hybridized carbons (Fsp3) is 0.500. The first-order chi connectivity index (χ1) is 12.7. The number of nitrogens with zero attached hydrogens (tertiary/aromatic N) is 4. The van der Waals surface area contributed by atoms with Crippen LogP contribution in [0.2, 0.25) is 0 Å². The lowest BCUT2D eigenvalue weighted by Crippen LogP contribution is -2.33. The molecular weight excluding hydrogens is 334 g/mol. The molecule has 1 aliphatic carbocycles. The van der Waals surface area contributed by atoms with E-state index in [1.54, 1.807) is 37.3 Å². The fourth-order valence-electron chi connectivity index (χ4n) is 3.27. The van der Waals surface area contributed by atoms with E-state index in [1.807, 2.05) is 10.9 Å². The quantitative estimate of drug-likeness (QED) is 0.890. The van der Waals surface area contributed by atoms with Crippen molar-refractivity contribution in [3.63, 3.8) is 0 Å². The number of aromatic nitrogens is 3. The lowest BCUT2D eigenvalue weighted by Gasteiger charge is -2.18. The molecule has 8 nitrogen and oxygen atoms in total. The number of amides is 2. The first-order valence-corrected chi connectivity index (χ1v) is 8.87. The molecule has 2 heterocycles. The zero-order valence-corrected chi connectivity index (χ0v) is 15.0. The van der Waals surface area contributed by atoms with Crippen LogP contribution in [0.5, 0.6) is 11.5 Å². The van der Waals surface area contributed by atoms with Crippen molar-refractivity contribution in [1.29, 1.82) is 0 Å². The number of anilines is 1. The van der Waals surface area contributed by atoms with Crippen molar-refractivity contribution in [2.45, 2.75) is 31.2 Å². The molecule has 4 rings (SSSR count). The minimum Gasteiger partial charge on any atom is -0.497 e. The average Bonchev–Trinajstić information content (AvgIpc) is 3.20. The summed E-state index contributed by atoms with van der Waals surface area (Å²) in [6, 6.07) is 5.36. The standard InChI is InChI=1S/C18H23N5O3/c1-25-14-5-6-15(17(9-14)26-2)19-18(24)22-8-7-13(10-22)23-11-16(20-21-23)12-3-4-12/h5-6,9,11-13H,3-4,7-8,10H2,1-2H3,(H,19,24). The molecule has 26 heavy (non-hydrogen) atoms. The smallest absolute Gasteiger partial charge is 0.322 e. The number of rotatable bonds is 5. The van der Waals surface area contributed by atoms with Gasteiger partial charge in [-0.3, -0.25) is 0 Å². The molecule has 1 saturated carbocycles. The molecule has 1 aliphatic heterocycles. The Morgan fingerprint density at radius 1 is 1.23 bits per heavy atom. The maximum absolute atomic E-state index is 12.6. The van der Waals surface area contributed by atoms with Crippen LogP contribution in [0, 0.1) is 0 Å². The van der Waals surface area contributed by atoms with E-state index in [2.05, 4.69) is 15.6 Å². The number of hydrogen-bond donors (Lipinski definition) is 1. The lowest BCUT2D eigenvalue weighted by atomic mass is 10.2. The molecule has 2 amide bonds. The number of urea groups is 1. The molecule has 138 valence electrons. The van der Waals surface area contributed by atoms with Gasteiger partial charge in [0, 0.05) is 31.3 Å². The Morgan fingerprint density at radius 3 is 2.81 bits per heavy atom. The zero-order chi connectivity index (χ0) is 18.1. The molecule has 1 aromatic heterocycles. The van der Waals surface area contributed by atoms with E-state index < -0.39 is 0 Å². The lowest BCUT2D eigenvalue weighted by molar-refractivity contribution is 0.220. The Morgan fingerprint density at radius 2 is 2.08 bits per heavy atom. The van der Waals surface area contributed by atoms with Crippen molar-refractivity contribution in [1.82, 2.24) is 19.9 Å². The highest BCUT2D eigenvalue weighted by Gasteiger charge is 2.31. The van der Waals surface area contributed by atoms with Crippen molar-refractivity contribution >= 4 is 11.7 Å². The van der Waals surface area contributed by atoms with Crippen LogP contribution in [0.25, 0.3) is 0 Å². The average molecular weight is 357 g/mol. The predicted octanol–water partition coefficient (Wildman–Crippen LogP) is 2.65. The van der Waals surface area contributed by atoms with Gasteiger partial charge in [-0.25, -0.2) is 9.48 Å². The van der Waals surface area contributed by atoms with Gasteiger partial charge in [-0.15, -0.1) is 5.10 Å². The summed E-state index contributed by atoms with van der Waals surface area (Å²) in [5.74, 6) is 1.84. The Balaban J connectivity index is 1.39. The van der Waals surface area contributed by atoms with Crippen molar-refractivity contribution < 1.29 is 14.3 Å². The van der Waals surface area contributed by atoms with Crippen LogP contribution < -0.4 is 14.8 Å². The van der Waals surface area contributed by atoms with E-state index in [-0.39, 0.29) is 12.1 Å². The topological polar surface area (TPSA) is 81.5 Å². The van der Waals surface area contributed by atoms with Crippen molar-refractivity contribution in [2.24, 2.45) is 0 Å². The van der Waals surface area contributed by atoms with E-state index in [0.29, 0.717) is 36.2 Å². The van der Waals surface area contributed by atoms with Gasteiger partial charge < -0.3 is 19.7 Å². The Bertz CT molecular complexity index is 802. The first-order valence-electron chi connectivity index (χ1n) is 8.87.